The van der Waals surface area contributed by atoms with Crippen LogP contribution in [0.1, 0.15) is 60.9 Å². The van der Waals surface area contributed by atoms with E-state index in [2.05, 4.69) is 15.2 Å². The van der Waals surface area contributed by atoms with Gasteiger partial charge in [0.2, 0.25) is 10.0 Å². The van der Waals surface area contributed by atoms with Crippen LogP contribution < -0.4 is 10.2 Å². The van der Waals surface area contributed by atoms with Gasteiger partial charge in [-0.15, -0.1) is 0 Å². The summed E-state index contributed by atoms with van der Waals surface area (Å²) in [6.45, 7) is 4.67. The van der Waals surface area contributed by atoms with Gasteiger partial charge in [-0.1, -0.05) is 18.9 Å². The van der Waals surface area contributed by atoms with Crippen LogP contribution in [-0.4, -0.2) is 49.8 Å². The number of aryl methyl sites for hydroxylation is 1. The zero-order chi connectivity index (χ0) is 22.6. The van der Waals surface area contributed by atoms with Gasteiger partial charge in [0.25, 0.3) is 5.91 Å². The van der Waals surface area contributed by atoms with E-state index >= 15 is 0 Å². The Morgan fingerprint density at radius 3 is 2.31 bits per heavy atom. The standard InChI is InChI=1S/C24H32N4O3S/c1-19-11-12-20(18-22(19)32(30,31)28-16-7-2-3-8-17-28)26-24(29)21-10-9-13-25-23(21)27-14-5-4-6-15-27/h9-13,18H,2-8,14-17H2,1H3,(H,26,29). The number of aromatic nitrogens is 1. The molecule has 0 bridgehead atoms. The van der Waals surface area contributed by atoms with E-state index in [4.69, 9.17) is 0 Å². The number of piperidine rings is 1. The Balaban J connectivity index is 1.58. The Morgan fingerprint density at radius 2 is 1.59 bits per heavy atom. The van der Waals surface area contributed by atoms with Crippen molar-refractivity contribution in [1.29, 1.82) is 0 Å². The maximum absolute atomic E-state index is 13.3. The Hall–Kier alpha value is -2.45. The van der Waals surface area contributed by atoms with Gasteiger partial charge in [-0.2, -0.15) is 4.31 Å². The van der Waals surface area contributed by atoms with Gasteiger partial charge >= 0.3 is 0 Å². The Labute approximate surface area is 190 Å². The lowest BCUT2D eigenvalue weighted by atomic mass is 10.1. The highest BCUT2D eigenvalue weighted by atomic mass is 32.2. The first-order valence-electron chi connectivity index (χ1n) is 11.6. The van der Waals surface area contributed by atoms with Crippen molar-refractivity contribution >= 4 is 27.4 Å². The predicted octanol–water partition coefficient (Wildman–Crippen LogP) is 4.20. The van der Waals surface area contributed by atoms with E-state index in [9.17, 15) is 13.2 Å². The number of rotatable bonds is 5. The maximum atomic E-state index is 13.3. The summed E-state index contributed by atoms with van der Waals surface area (Å²) in [4.78, 5) is 20.0. The molecule has 2 aliphatic heterocycles. The number of carbonyl (C=O) groups is 1. The van der Waals surface area contributed by atoms with Crippen molar-refractivity contribution in [3.8, 4) is 0 Å². The number of carbonyl (C=O) groups excluding carboxylic acids is 1. The SMILES string of the molecule is Cc1ccc(NC(=O)c2cccnc2N2CCCCC2)cc1S(=O)(=O)N1CCCCCC1. The number of nitrogens with zero attached hydrogens (tertiary/aromatic N) is 3. The summed E-state index contributed by atoms with van der Waals surface area (Å²) in [7, 11) is -3.60. The van der Waals surface area contributed by atoms with E-state index in [1.807, 2.05) is 0 Å². The van der Waals surface area contributed by atoms with Gasteiger partial charge in [-0.25, -0.2) is 13.4 Å². The number of anilines is 2. The lowest BCUT2D eigenvalue weighted by Crippen LogP contribution is -2.32. The minimum absolute atomic E-state index is 0.264. The average molecular weight is 457 g/mol. The highest BCUT2D eigenvalue weighted by Gasteiger charge is 2.27. The number of pyridine rings is 1. The van der Waals surface area contributed by atoms with Gasteiger partial charge in [0.05, 0.1) is 10.5 Å². The minimum atomic E-state index is -3.60. The Morgan fingerprint density at radius 1 is 0.938 bits per heavy atom. The van der Waals surface area contributed by atoms with Crippen LogP contribution in [0, 0.1) is 6.92 Å². The van der Waals surface area contributed by atoms with E-state index in [0.29, 0.717) is 35.7 Å². The molecule has 1 aromatic carbocycles. The molecule has 0 atom stereocenters. The first-order valence-corrected chi connectivity index (χ1v) is 13.0. The van der Waals surface area contributed by atoms with Crippen molar-refractivity contribution < 1.29 is 13.2 Å². The molecule has 2 aliphatic rings. The number of sulfonamides is 1. The summed E-state index contributed by atoms with van der Waals surface area (Å²) in [5.74, 6) is 0.412. The molecule has 4 rings (SSSR count). The molecule has 1 N–H and O–H groups in total. The van der Waals surface area contributed by atoms with Crippen LogP contribution >= 0.6 is 0 Å². The molecule has 32 heavy (non-hydrogen) atoms. The summed E-state index contributed by atoms with van der Waals surface area (Å²) >= 11 is 0. The summed E-state index contributed by atoms with van der Waals surface area (Å²) in [6, 6.07) is 8.63. The second kappa shape index (κ2) is 10.0. The van der Waals surface area contributed by atoms with Crippen molar-refractivity contribution in [3.63, 3.8) is 0 Å². The highest BCUT2D eigenvalue weighted by molar-refractivity contribution is 7.89. The Bertz CT molecular complexity index is 1060. The number of nitrogens with one attached hydrogen (secondary N) is 1. The van der Waals surface area contributed by atoms with E-state index in [0.717, 1.165) is 51.6 Å². The molecule has 7 nitrogen and oxygen atoms in total. The van der Waals surface area contributed by atoms with Crippen molar-refractivity contribution in [2.75, 3.05) is 36.4 Å². The van der Waals surface area contributed by atoms with Crippen molar-refractivity contribution in [2.45, 2.75) is 56.8 Å². The van der Waals surface area contributed by atoms with Crippen LogP contribution in [0.5, 0.6) is 0 Å². The molecule has 0 aliphatic carbocycles. The van der Waals surface area contributed by atoms with Gasteiger partial charge in [0, 0.05) is 38.1 Å². The fourth-order valence-corrected chi connectivity index (χ4v) is 6.28. The monoisotopic (exact) mass is 456 g/mol. The molecular formula is C24H32N4O3S. The van der Waals surface area contributed by atoms with Crippen LogP contribution in [0.25, 0.3) is 0 Å². The summed E-state index contributed by atoms with van der Waals surface area (Å²) in [5.41, 5.74) is 1.66. The van der Waals surface area contributed by atoms with Crippen LogP contribution in [0.15, 0.2) is 41.4 Å². The van der Waals surface area contributed by atoms with Crippen molar-refractivity contribution in [1.82, 2.24) is 9.29 Å². The van der Waals surface area contributed by atoms with Gasteiger partial charge in [0.1, 0.15) is 5.82 Å². The van der Waals surface area contributed by atoms with Gasteiger partial charge < -0.3 is 10.2 Å². The van der Waals surface area contributed by atoms with E-state index in [1.165, 1.54) is 6.42 Å². The van der Waals surface area contributed by atoms with Gasteiger partial charge in [-0.05, 0) is 68.9 Å². The maximum Gasteiger partial charge on any atom is 0.259 e. The first kappa shape index (κ1) is 22.7. The van der Waals surface area contributed by atoms with Gasteiger partial charge in [-0.3, -0.25) is 4.79 Å². The van der Waals surface area contributed by atoms with Crippen molar-refractivity contribution in [3.05, 3.63) is 47.7 Å². The lowest BCUT2D eigenvalue weighted by molar-refractivity contribution is 0.102. The largest absolute Gasteiger partial charge is 0.356 e. The summed E-state index contributed by atoms with van der Waals surface area (Å²) < 4.78 is 28.2. The third-order valence-electron chi connectivity index (χ3n) is 6.32. The zero-order valence-corrected chi connectivity index (χ0v) is 19.5. The lowest BCUT2D eigenvalue weighted by Gasteiger charge is -2.29. The van der Waals surface area contributed by atoms with Crippen LogP contribution in [0.2, 0.25) is 0 Å². The number of benzene rings is 1. The first-order chi connectivity index (χ1) is 15.5. The number of hydrogen-bond acceptors (Lipinski definition) is 5. The molecule has 2 saturated heterocycles. The van der Waals surface area contributed by atoms with E-state index in [-0.39, 0.29) is 10.8 Å². The smallest absolute Gasteiger partial charge is 0.259 e. The highest BCUT2D eigenvalue weighted by Crippen LogP contribution is 2.27. The number of hydrogen-bond donors (Lipinski definition) is 1. The van der Waals surface area contributed by atoms with E-state index in [1.54, 1.807) is 47.8 Å². The number of amides is 1. The summed E-state index contributed by atoms with van der Waals surface area (Å²) in [6.07, 6.45) is 8.97. The molecular weight excluding hydrogens is 424 g/mol. The molecule has 0 saturated carbocycles. The minimum Gasteiger partial charge on any atom is -0.356 e. The predicted molar refractivity (Wildman–Crippen MR) is 127 cm³/mol. The molecule has 0 spiro atoms. The normalized spacial score (nSPS) is 18.2. The van der Waals surface area contributed by atoms with Crippen LogP contribution in [0.3, 0.4) is 0 Å². The second-order valence-corrected chi connectivity index (χ2v) is 10.6. The molecule has 0 radical (unpaired) electrons. The molecule has 8 heteroatoms. The fourth-order valence-electron chi connectivity index (χ4n) is 4.51. The fraction of sp³-hybridized carbons (Fsp3) is 0.500. The molecule has 0 unspecified atom stereocenters. The van der Waals surface area contributed by atoms with E-state index < -0.39 is 10.0 Å². The molecule has 2 fully saturated rings. The van der Waals surface area contributed by atoms with Crippen LogP contribution in [0.4, 0.5) is 11.5 Å². The molecule has 1 aromatic heterocycles. The second-order valence-electron chi connectivity index (χ2n) is 8.67. The van der Waals surface area contributed by atoms with Crippen molar-refractivity contribution in [2.24, 2.45) is 0 Å². The summed E-state index contributed by atoms with van der Waals surface area (Å²) in [5, 5.41) is 2.90. The molecule has 172 valence electrons. The molecule has 3 heterocycles. The quantitative estimate of drug-likeness (QED) is 0.729. The Kier molecular flexibility index (Phi) is 7.10. The van der Waals surface area contributed by atoms with Gasteiger partial charge in [0.15, 0.2) is 0 Å². The third-order valence-corrected chi connectivity index (χ3v) is 8.36. The zero-order valence-electron chi connectivity index (χ0n) is 18.7. The molecule has 1 amide bonds. The third kappa shape index (κ3) is 4.96. The van der Waals surface area contributed by atoms with Crippen LogP contribution in [-0.2, 0) is 10.0 Å². The average Bonchev–Trinajstić information content (AvgIpc) is 3.11. The molecule has 2 aromatic rings. The topological polar surface area (TPSA) is 82.6 Å².